The Morgan fingerprint density at radius 1 is 0.957 bits per heavy atom. The molecule has 2 atom stereocenters. The number of aliphatic hydroxyl groups excluding tert-OH is 2. The molecule has 122 valence electrons. The molecule has 0 amide bonds. The summed E-state index contributed by atoms with van der Waals surface area (Å²) in [5.41, 5.74) is 2.79. The monoisotopic (exact) mass is 333 g/mol. The molecule has 6 heteroatoms. The predicted molar refractivity (Wildman–Crippen MR) is 91.0 cm³/mol. The van der Waals surface area contributed by atoms with Crippen LogP contribution < -0.4 is 0 Å². The molecule has 3 N–H and O–H groups in total. The Morgan fingerprint density at radius 3 is 2.43 bits per heavy atom. The maximum absolute atomic E-state index is 8.85. The predicted octanol–water partition coefficient (Wildman–Crippen LogP) is 3.23. The summed E-state index contributed by atoms with van der Waals surface area (Å²) in [7, 11) is 0. The third-order valence-electron chi connectivity index (χ3n) is 3.52. The summed E-state index contributed by atoms with van der Waals surface area (Å²) in [6, 6.07) is 15.9. The Hall–Kier alpha value is -1.86. The molecule has 0 radical (unpaired) electrons. The van der Waals surface area contributed by atoms with Crippen LogP contribution in [0.3, 0.4) is 0 Å². The summed E-state index contributed by atoms with van der Waals surface area (Å²) >= 11 is 1.58. The maximum atomic E-state index is 8.85. The van der Waals surface area contributed by atoms with Gasteiger partial charge in [-0.05, 0) is 30.7 Å². The van der Waals surface area contributed by atoms with Crippen LogP contribution >= 0.6 is 11.5 Å². The van der Waals surface area contributed by atoms with Crippen molar-refractivity contribution in [2.45, 2.75) is 18.6 Å². The highest BCUT2D eigenvalue weighted by Crippen LogP contribution is 2.20. The van der Waals surface area contributed by atoms with Crippen molar-refractivity contribution in [1.82, 2.24) is 4.37 Å². The molecule has 0 bridgehead atoms. The first kappa shape index (κ1) is 16.0. The normalized spacial score (nSPS) is 20.8. The van der Waals surface area contributed by atoms with Gasteiger partial charge in [-0.2, -0.15) is 0 Å². The minimum absolute atomic E-state index is 0.279. The Kier molecular flexibility index (Phi) is 5.30. The molecule has 23 heavy (non-hydrogen) atoms. The van der Waals surface area contributed by atoms with E-state index in [1.165, 1.54) is 0 Å². The van der Waals surface area contributed by atoms with Crippen molar-refractivity contribution in [1.29, 1.82) is 0 Å². The number of benzene rings is 2. The van der Waals surface area contributed by atoms with Gasteiger partial charge in [-0.15, -0.1) is 0 Å². The molecular formula is C17H19NO4S. The van der Waals surface area contributed by atoms with Crippen molar-refractivity contribution in [2.24, 2.45) is 0 Å². The van der Waals surface area contributed by atoms with E-state index < -0.39 is 12.2 Å². The van der Waals surface area contributed by atoms with Gasteiger partial charge < -0.3 is 23.7 Å². The molecular weight excluding hydrogens is 314 g/mol. The van der Waals surface area contributed by atoms with Crippen LogP contribution in [0.4, 0.5) is 0 Å². The Balaban J connectivity index is 0.000000166. The van der Waals surface area contributed by atoms with E-state index >= 15 is 0 Å². The van der Waals surface area contributed by atoms with Crippen molar-refractivity contribution in [3.05, 3.63) is 48.5 Å². The van der Waals surface area contributed by atoms with Gasteiger partial charge in [0.1, 0.15) is 11.7 Å². The van der Waals surface area contributed by atoms with E-state index in [0.717, 1.165) is 21.4 Å². The number of nitrogens with one attached hydrogen (secondary N) is 1. The minimum Gasteiger partial charge on any atom is -0.454 e. The van der Waals surface area contributed by atoms with Crippen LogP contribution in [0, 0.1) is 0 Å². The summed E-state index contributed by atoms with van der Waals surface area (Å²) < 4.78 is 15.0. The molecule has 1 fully saturated rings. The van der Waals surface area contributed by atoms with Gasteiger partial charge in [-0.25, -0.2) is 0 Å². The van der Waals surface area contributed by atoms with E-state index in [1.807, 2.05) is 48.5 Å². The summed E-state index contributed by atoms with van der Waals surface area (Å²) in [6.45, 7) is 0.847. The number of rotatable bonds is 0. The number of hydrogen-bond acceptors (Lipinski definition) is 5. The number of aromatic amines is 1. The number of ether oxygens (including phenoxy) is 1. The molecule has 0 saturated carbocycles. The number of aliphatic hydroxyl groups is 2. The van der Waals surface area contributed by atoms with E-state index in [2.05, 4.69) is 4.37 Å². The molecule has 1 saturated heterocycles. The quantitative estimate of drug-likeness (QED) is 0.590. The summed E-state index contributed by atoms with van der Waals surface area (Å²) in [5, 5.41) is 17.7. The van der Waals surface area contributed by atoms with E-state index in [0.29, 0.717) is 13.0 Å². The topological polar surface area (TPSA) is 78.6 Å². The highest BCUT2D eigenvalue weighted by atomic mass is 32.1. The van der Waals surface area contributed by atoms with Crippen LogP contribution in [-0.4, -0.2) is 40.0 Å². The maximum Gasteiger partial charge on any atom is 0.151 e. The third-order valence-corrected chi connectivity index (χ3v) is 4.40. The fraction of sp³-hybridized carbons (Fsp3) is 0.294. The van der Waals surface area contributed by atoms with E-state index in [9.17, 15) is 0 Å². The van der Waals surface area contributed by atoms with Gasteiger partial charge in [0.05, 0.1) is 22.9 Å². The van der Waals surface area contributed by atoms with Crippen LogP contribution in [-0.2, 0) is 4.74 Å². The van der Waals surface area contributed by atoms with Gasteiger partial charge in [0.2, 0.25) is 0 Å². The van der Waals surface area contributed by atoms with Gasteiger partial charge >= 0.3 is 0 Å². The van der Waals surface area contributed by atoms with E-state index in [1.54, 1.807) is 11.5 Å². The number of hydrogen-bond donors (Lipinski definition) is 3. The SMILES string of the molecule is OC1CCOCC1O.c1ccc2oc3ccccc3s[nH]c2c1. The molecule has 5 nitrogen and oxygen atoms in total. The van der Waals surface area contributed by atoms with Crippen LogP contribution in [0.5, 0.6) is 0 Å². The van der Waals surface area contributed by atoms with Gasteiger partial charge in [0, 0.05) is 6.61 Å². The van der Waals surface area contributed by atoms with E-state index in [4.69, 9.17) is 19.4 Å². The summed E-state index contributed by atoms with van der Waals surface area (Å²) in [6.07, 6.45) is -0.672. The second-order valence-corrected chi connectivity index (χ2v) is 6.10. The second kappa shape index (κ2) is 7.61. The third kappa shape index (κ3) is 4.11. The van der Waals surface area contributed by atoms with Gasteiger partial charge in [-0.1, -0.05) is 35.8 Å². The lowest BCUT2D eigenvalue weighted by atomic mass is 10.1. The van der Waals surface area contributed by atoms with Gasteiger partial charge in [-0.3, -0.25) is 0 Å². The first-order valence-corrected chi connectivity index (χ1v) is 8.28. The highest BCUT2D eigenvalue weighted by Gasteiger charge is 2.20. The highest BCUT2D eigenvalue weighted by molar-refractivity contribution is 7.12. The standard InChI is InChI=1S/C12H9NOS.C5H10O3/c1-2-6-10-9(5-1)13-15-12-8-4-3-7-11(12)14-10;6-4-1-2-8-3-5(4)7/h1-8,13H;4-7H,1-3H2. The smallest absolute Gasteiger partial charge is 0.151 e. The van der Waals surface area contributed by atoms with Crippen molar-refractivity contribution >= 4 is 32.9 Å². The molecule has 1 aliphatic heterocycles. The number of fused-ring (bicyclic) bond motifs is 2. The number of aromatic nitrogens is 1. The van der Waals surface area contributed by atoms with Crippen LogP contribution in [0.25, 0.3) is 21.4 Å². The molecule has 2 heterocycles. The van der Waals surface area contributed by atoms with Crippen molar-refractivity contribution in [2.75, 3.05) is 13.2 Å². The summed E-state index contributed by atoms with van der Waals surface area (Å²) in [5.74, 6) is 0. The molecule has 1 aromatic heterocycles. The van der Waals surface area contributed by atoms with E-state index in [-0.39, 0.29) is 6.61 Å². The molecule has 3 aromatic rings. The molecule has 0 spiro atoms. The lowest BCUT2D eigenvalue weighted by Crippen LogP contribution is -2.36. The van der Waals surface area contributed by atoms with Crippen LogP contribution in [0.2, 0.25) is 0 Å². The Labute approximate surface area is 137 Å². The largest absolute Gasteiger partial charge is 0.454 e. The van der Waals surface area contributed by atoms with Gasteiger partial charge in [0.15, 0.2) is 5.58 Å². The molecule has 2 aromatic carbocycles. The molecule has 4 rings (SSSR count). The zero-order valence-corrected chi connectivity index (χ0v) is 13.3. The Morgan fingerprint density at radius 2 is 1.70 bits per heavy atom. The van der Waals surface area contributed by atoms with Crippen molar-refractivity contribution < 1.29 is 19.4 Å². The Bertz CT molecular complexity index is 739. The van der Waals surface area contributed by atoms with Gasteiger partial charge in [0.25, 0.3) is 0 Å². The zero-order valence-electron chi connectivity index (χ0n) is 12.5. The first-order valence-electron chi connectivity index (χ1n) is 7.46. The molecule has 1 aliphatic rings. The first-order chi connectivity index (χ1) is 11.2. The minimum atomic E-state index is -0.663. The zero-order chi connectivity index (χ0) is 16.1. The van der Waals surface area contributed by atoms with Crippen LogP contribution in [0.1, 0.15) is 6.42 Å². The average molecular weight is 333 g/mol. The fourth-order valence-corrected chi connectivity index (χ4v) is 2.94. The average Bonchev–Trinajstić information content (AvgIpc) is 2.77. The molecule has 2 unspecified atom stereocenters. The van der Waals surface area contributed by atoms with Crippen molar-refractivity contribution in [3.63, 3.8) is 0 Å². The van der Waals surface area contributed by atoms with Crippen LogP contribution in [0.15, 0.2) is 52.9 Å². The lowest BCUT2D eigenvalue weighted by molar-refractivity contribution is -0.0852. The number of para-hydroxylation sites is 3. The van der Waals surface area contributed by atoms with Crippen molar-refractivity contribution in [3.8, 4) is 0 Å². The molecule has 0 aliphatic carbocycles. The number of H-pyrrole nitrogens is 1. The fourth-order valence-electron chi connectivity index (χ4n) is 2.20. The second-order valence-electron chi connectivity index (χ2n) is 5.25. The summed E-state index contributed by atoms with van der Waals surface area (Å²) in [4.78, 5) is 0. The lowest BCUT2D eigenvalue weighted by Gasteiger charge is -2.22.